The van der Waals surface area contributed by atoms with Crippen LogP contribution < -0.4 is 16.2 Å². The monoisotopic (exact) mass is 346 g/mol. The second-order valence-electron chi connectivity index (χ2n) is 6.02. The summed E-state index contributed by atoms with van der Waals surface area (Å²) in [6.45, 7) is 3.52. The van der Waals surface area contributed by atoms with Gasteiger partial charge in [-0.2, -0.15) is 0 Å². The van der Waals surface area contributed by atoms with Gasteiger partial charge in [0.25, 0.3) is 5.56 Å². The van der Waals surface area contributed by atoms with Gasteiger partial charge in [-0.15, -0.1) is 0 Å². The first-order chi connectivity index (χ1) is 12.0. The molecule has 0 aromatic carbocycles. The van der Waals surface area contributed by atoms with Crippen LogP contribution in [0.1, 0.15) is 36.3 Å². The molecule has 0 spiro atoms. The van der Waals surface area contributed by atoms with Gasteiger partial charge in [-0.25, -0.2) is 14.8 Å². The summed E-state index contributed by atoms with van der Waals surface area (Å²) in [7, 11) is 1.67. The van der Waals surface area contributed by atoms with Crippen LogP contribution in [0, 0.1) is 0 Å². The van der Waals surface area contributed by atoms with Crippen LogP contribution in [0.5, 0.6) is 0 Å². The van der Waals surface area contributed by atoms with Crippen LogP contribution in [0.2, 0.25) is 0 Å². The average molecular weight is 346 g/mol. The second-order valence-corrected chi connectivity index (χ2v) is 6.02. The van der Waals surface area contributed by atoms with Gasteiger partial charge in [-0.1, -0.05) is 0 Å². The zero-order valence-electron chi connectivity index (χ0n) is 14.4. The molecule has 9 nitrogen and oxygen atoms in total. The molecule has 0 radical (unpaired) electrons. The molecule has 2 aromatic heterocycles. The average Bonchev–Trinajstić information content (AvgIpc) is 2.99. The minimum atomic E-state index is -0.500. The maximum absolute atomic E-state index is 11.8. The van der Waals surface area contributed by atoms with E-state index in [-0.39, 0.29) is 23.9 Å². The Morgan fingerprint density at radius 2 is 2.04 bits per heavy atom. The molecule has 2 N–H and O–H groups in total. The van der Waals surface area contributed by atoms with Crippen molar-refractivity contribution in [3.63, 3.8) is 0 Å². The lowest BCUT2D eigenvalue weighted by atomic mass is 10.0. The zero-order valence-corrected chi connectivity index (χ0v) is 14.4. The van der Waals surface area contributed by atoms with Crippen LogP contribution in [0.15, 0.2) is 23.5 Å². The number of aromatic nitrogens is 4. The van der Waals surface area contributed by atoms with Crippen LogP contribution in [0.4, 0.5) is 11.6 Å². The van der Waals surface area contributed by atoms with Crippen LogP contribution in [0.25, 0.3) is 0 Å². The van der Waals surface area contributed by atoms with Crippen molar-refractivity contribution in [2.24, 2.45) is 7.05 Å². The van der Waals surface area contributed by atoms with Crippen molar-refractivity contribution >= 4 is 17.6 Å². The molecule has 134 valence electrons. The Morgan fingerprint density at radius 3 is 2.68 bits per heavy atom. The number of esters is 1. The summed E-state index contributed by atoms with van der Waals surface area (Å²) in [5.41, 5.74) is 6.16. The van der Waals surface area contributed by atoms with Crippen molar-refractivity contribution < 1.29 is 9.53 Å². The standard InChI is InChI=1S/C16H22N6O3/c1-3-25-16(24)14-15(17)22(10-19-14)11-4-6-21(7-5-11)12-8-13(23)20(2)9-18-12/h8-11H,3-7,17H2,1-2H3. The highest BCUT2D eigenvalue weighted by atomic mass is 16.5. The molecule has 0 bridgehead atoms. The van der Waals surface area contributed by atoms with Crippen molar-refractivity contribution in [3.05, 3.63) is 34.8 Å². The molecule has 1 saturated heterocycles. The van der Waals surface area contributed by atoms with E-state index in [1.54, 1.807) is 26.4 Å². The van der Waals surface area contributed by atoms with Crippen LogP contribution in [-0.4, -0.2) is 44.8 Å². The van der Waals surface area contributed by atoms with E-state index in [9.17, 15) is 9.59 Å². The number of anilines is 2. The van der Waals surface area contributed by atoms with E-state index in [1.807, 2.05) is 4.57 Å². The molecule has 0 atom stereocenters. The molecule has 3 heterocycles. The zero-order chi connectivity index (χ0) is 18.0. The topological polar surface area (TPSA) is 108 Å². The highest BCUT2D eigenvalue weighted by Gasteiger charge is 2.25. The lowest BCUT2D eigenvalue weighted by Gasteiger charge is -2.33. The summed E-state index contributed by atoms with van der Waals surface area (Å²) in [5.74, 6) is 0.525. The largest absolute Gasteiger partial charge is 0.461 e. The van der Waals surface area contributed by atoms with Gasteiger partial charge in [0, 0.05) is 32.2 Å². The summed E-state index contributed by atoms with van der Waals surface area (Å²) >= 11 is 0. The van der Waals surface area contributed by atoms with E-state index in [2.05, 4.69) is 14.9 Å². The highest BCUT2D eigenvalue weighted by molar-refractivity contribution is 5.92. The third-order valence-corrected chi connectivity index (χ3v) is 4.45. The van der Waals surface area contributed by atoms with Gasteiger partial charge in [0.2, 0.25) is 0 Å². The third kappa shape index (κ3) is 3.35. The van der Waals surface area contributed by atoms with Gasteiger partial charge in [0.15, 0.2) is 5.69 Å². The Balaban J connectivity index is 1.69. The molecule has 2 aromatic rings. The number of hydrogen-bond donors (Lipinski definition) is 1. The molecular weight excluding hydrogens is 324 g/mol. The van der Waals surface area contributed by atoms with Crippen LogP contribution in [-0.2, 0) is 11.8 Å². The van der Waals surface area contributed by atoms with Crippen LogP contribution >= 0.6 is 0 Å². The van der Waals surface area contributed by atoms with Gasteiger partial charge in [-0.3, -0.25) is 4.79 Å². The summed E-state index contributed by atoms with van der Waals surface area (Å²) in [6, 6.07) is 1.70. The maximum atomic E-state index is 11.8. The summed E-state index contributed by atoms with van der Waals surface area (Å²) in [5, 5.41) is 0. The minimum absolute atomic E-state index is 0.0787. The molecule has 0 aliphatic carbocycles. The quantitative estimate of drug-likeness (QED) is 0.807. The third-order valence-electron chi connectivity index (χ3n) is 4.45. The molecule has 9 heteroatoms. The maximum Gasteiger partial charge on any atom is 0.360 e. The van der Waals surface area contributed by atoms with Crippen LogP contribution in [0.3, 0.4) is 0 Å². The van der Waals surface area contributed by atoms with E-state index < -0.39 is 5.97 Å². The summed E-state index contributed by atoms with van der Waals surface area (Å²) in [4.78, 5) is 34.1. The van der Waals surface area contributed by atoms with Crippen molar-refractivity contribution in [2.45, 2.75) is 25.8 Å². The first-order valence-corrected chi connectivity index (χ1v) is 8.28. The summed E-state index contributed by atoms with van der Waals surface area (Å²) < 4.78 is 8.24. The van der Waals surface area contributed by atoms with E-state index in [0.717, 1.165) is 25.9 Å². The van der Waals surface area contributed by atoms with E-state index in [0.29, 0.717) is 11.6 Å². The van der Waals surface area contributed by atoms with Gasteiger partial charge in [0.05, 0.1) is 19.3 Å². The number of aryl methyl sites for hydroxylation is 1. The minimum Gasteiger partial charge on any atom is -0.461 e. The highest BCUT2D eigenvalue weighted by Crippen LogP contribution is 2.28. The first kappa shape index (κ1) is 17.0. The molecule has 1 fully saturated rings. The molecule has 25 heavy (non-hydrogen) atoms. The number of nitrogens with zero attached hydrogens (tertiary/aromatic N) is 5. The van der Waals surface area contributed by atoms with Gasteiger partial charge in [-0.05, 0) is 19.8 Å². The fraction of sp³-hybridized carbons (Fsp3) is 0.500. The van der Waals surface area contributed by atoms with Crippen molar-refractivity contribution in [2.75, 3.05) is 30.3 Å². The number of carbonyl (C=O) groups is 1. The Hall–Kier alpha value is -2.84. The lowest BCUT2D eigenvalue weighted by molar-refractivity contribution is 0.0521. The Labute approximate surface area is 145 Å². The number of nitrogens with two attached hydrogens (primary N) is 1. The smallest absolute Gasteiger partial charge is 0.360 e. The Bertz CT molecular complexity index is 820. The summed E-state index contributed by atoms with van der Waals surface area (Å²) in [6.07, 6.45) is 4.76. The van der Waals surface area contributed by atoms with E-state index in [1.165, 1.54) is 10.9 Å². The number of carbonyl (C=O) groups excluding carboxylic acids is 1. The lowest BCUT2D eigenvalue weighted by Crippen LogP contribution is -2.36. The van der Waals surface area contributed by atoms with Gasteiger partial charge >= 0.3 is 5.97 Å². The fourth-order valence-corrected chi connectivity index (χ4v) is 3.02. The Kier molecular flexibility index (Phi) is 4.73. The number of piperidine rings is 1. The molecule has 3 rings (SSSR count). The number of nitrogen functional groups attached to an aromatic ring is 1. The Morgan fingerprint density at radius 1 is 1.32 bits per heavy atom. The SMILES string of the molecule is CCOC(=O)c1ncn(C2CCN(c3cc(=O)n(C)cn3)CC2)c1N. The van der Waals surface area contributed by atoms with E-state index in [4.69, 9.17) is 10.5 Å². The fourth-order valence-electron chi connectivity index (χ4n) is 3.02. The normalized spacial score (nSPS) is 15.4. The van der Waals surface area contributed by atoms with Crippen molar-refractivity contribution in [1.29, 1.82) is 0 Å². The molecule has 0 amide bonds. The molecule has 1 aliphatic rings. The predicted molar refractivity (Wildman–Crippen MR) is 92.6 cm³/mol. The van der Waals surface area contributed by atoms with Crippen molar-refractivity contribution in [1.82, 2.24) is 19.1 Å². The van der Waals surface area contributed by atoms with Gasteiger partial charge < -0.3 is 24.5 Å². The number of hydrogen-bond acceptors (Lipinski definition) is 7. The molecule has 1 aliphatic heterocycles. The number of rotatable bonds is 4. The molecular formula is C16H22N6O3. The predicted octanol–water partition coefficient (Wildman–Crippen LogP) is 0.577. The number of ether oxygens (including phenoxy) is 1. The first-order valence-electron chi connectivity index (χ1n) is 8.28. The van der Waals surface area contributed by atoms with Crippen molar-refractivity contribution in [3.8, 4) is 0 Å². The second kappa shape index (κ2) is 6.96. The molecule has 0 saturated carbocycles. The molecule has 0 unspecified atom stereocenters. The number of imidazole rings is 1. The van der Waals surface area contributed by atoms with E-state index >= 15 is 0 Å². The van der Waals surface area contributed by atoms with Gasteiger partial charge in [0.1, 0.15) is 11.6 Å².